The molecule has 0 radical (unpaired) electrons. The third kappa shape index (κ3) is 5.12. The first-order valence-corrected chi connectivity index (χ1v) is 7.99. The summed E-state index contributed by atoms with van der Waals surface area (Å²) in [5.41, 5.74) is 4.63. The summed E-state index contributed by atoms with van der Waals surface area (Å²) in [6.07, 6.45) is 0.413. The SMILES string of the molecule is CCC(=O)Nc1cccc(NC(=O)CNc2ccc(C)c(C)c2)c1. The molecule has 5 heteroatoms. The molecular weight excluding hydrogens is 302 g/mol. The fraction of sp³-hybridized carbons (Fsp3) is 0.263. The van der Waals surface area contributed by atoms with Crippen LogP contribution in [0.25, 0.3) is 0 Å². The van der Waals surface area contributed by atoms with E-state index in [9.17, 15) is 9.59 Å². The van der Waals surface area contributed by atoms with Crippen LogP contribution in [0.2, 0.25) is 0 Å². The van der Waals surface area contributed by atoms with Gasteiger partial charge >= 0.3 is 0 Å². The second kappa shape index (κ2) is 8.15. The van der Waals surface area contributed by atoms with E-state index in [-0.39, 0.29) is 18.4 Å². The summed E-state index contributed by atoms with van der Waals surface area (Å²) in [7, 11) is 0. The van der Waals surface area contributed by atoms with Crippen molar-refractivity contribution < 1.29 is 9.59 Å². The van der Waals surface area contributed by atoms with Crippen LogP contribution in [-0.4, -0.2) is 18.4 Å². The minimum absolute atomic E-state index is 0.0603. The number of hydrogen-bond donors (Lipinski definition) is 3. The molecule has 0 spiro atoms. The summed E-state index contributed by atoms with van der Waals surface area (Å²) in [5.74, 6) is -0.206. The van der Waals surface area contributed by atoms with Gasteiger partial charge in [0.2, 0.25) is 11.8 Å². The van der Waals surface area contributed by atoms with Gasteiger partial charge in [-0.25, -0.2) is 0 Å². The van der Waals surface area contributed by atoms with Crippen LogP contribution >= 0.6 is 0 Å². The van der Waals surface area contributed by atoms with Gasteiger partial charge in [0.1, 0.15) is 0 Å². The van der Waals surface area contributed by atoms with Gasteiger partial charge < -0.3 is 16.0 Å². The van der Waals surface area contributed by atoms with Crippen LogP contribution in [-0.2, 0) is 9.59 Å². The van der Waals surface area contributed by atoms with Gasteiger partial charge in [-0.3, -0.25) is 9.59 Å². The molecule has 24 heavy (non-hydrogen) atoms. The van der Waals surface area contributed by atoms with Gasteiger partial charge in [0.15, 0.2) is 0 Å². The minimum Gasteiger partial charge on any atom is -0.376 e. The highest BCUT2D eigenvalue weighted by Gasteiger charge is 2.05. The quantitative estimate of drug-likeness (QED) is 0.758. The number of hydrogen-bond acceptors (Lipinski definition) is 3. The van der Waals surface area contributed by atoms with Crippen molar-refractivity contribution in [3.63, 3.8) is 0 Å². The predicted molar refractivity (Wildman–Crippen MR) is 98.4 cm³/mol. The fourth-order valence-corrected chi connectivity index (χ4v) is 2.16. The first-order valence-electron chi connectivity index (χ1n) is 7.99. The Labute approximate surface area is 142 Å². The monoisotopic (exact) mass is 325 g/mol. The highest BCUT2D eigenvalue weighted by molar-refractivity contribution is 5.95. The number of carbonyl (C=O) groups is 2. The smallest absolute Gasteiger partial charge is 0.243 e. The average Bonchev–Trinajstić information content (AvgIpc) is 2.56. The Kier molecular flexibility index (Phi) is 5.95. The molecule has 0 saturated heterocycles. The van der Waals surface area contributed by atoms with Crippen molar-refractivity contribution in [1.82, 2.24) is 0 Å². The van der Waals surface area contributed by atoms with E-state index in [1.54, 1.807) is 31.2 Å². The van der Waals surface area contributed by atoms with E-state index in [0.717, 1.165) is 5.69 Å². The van der Waals surface area contributed by atoms with Gasteiger partial charge in [0.05, 0.1) is 6.54 Å². The third-order valence-electron chi connectivity index (χ3n) is 3.71. The van der Waals surface area contributed by atoms with Crippen molar-refractivity contribution in [2.24, 2.45) is 0 Å². The van der Waals surface area contributed by atoms with Crippen LogP contribution in [0.15, 0.2) is 42.5 Å². The topological polar surface area (TPSA) is 70.2 Å². The molecule has 3 N–H and O–H groups in total. The van der Waals surface area contributed by atoms with Crippen molar-refractivity contribution in [3.05, 3.63) is 53.6 Å². The molecule has 5 nitrogen and oxygen atoms in total. The van der Waals surface area contributed by atoms with Gasteiger partial charge in [0.25, 0.3) is 0 Å². The highest BCUT2D eigenvalue weighted by Crippen LogP contribution is 2.16. The van der Waals surface area contributed by atoms with Crippen LogP contribution in [0, 0.1) is 13.8 Å². The second-order valence-corrected chi connectivity index (χ2v) is 5.68. The van der Waals surface area contributed by atoms with Crippen molar-refractivity contribution in [2.45, 2.75) is 27.2 Å². The maximum Gasteiger partial charge on any atom is 0.243 e. The number of carbonyl (C=O) groups excluding carboxylic acids is 2. The Bertz CT molecular complexity index is 741. The summed E-state index contributed by atoms with van der Waals surface area (Å²) in [5, 5.41) is 8.69. The molecule has 0 atom stereocenters. The van der Waals surface area contributed by atoms with Gasteiger partial charge in [0, 0.05) is 23.5 Å². The Morgan fingerprint density at radius 3 is 2.12 bits per heavy atom. The average molecular weight is 325 g/mol. The van der Waals surface area contributed by atoms with Crippen LogP contribution in [0.4, 0.5) is 17.1 Å². The summed E-state index contributed by atoms with van der Waals surface area (Å²) in [6, 6.07) is 13.1. The standard InChI is InChI=1S/C19H23N3O2/c1-4-18(23)21-16-6-5-7-17(11-16)22-19(24)12-20-15-9-8-13(2)14(3)10-15/h5-11,20H,4,12H2,1-3H3,(H,21,23)(H,22,24). The highest BCUT2D eigenvalue weighted by atomic mass is 16.2. The normalized spacial score (nSPS) is 10.1. The number of anilines is 3. The van der Waals surface area contributed by atoms with Crippen LogP contribution < -0.4 is 16.0 Å². The van der Waals surface area contributed by atoms with Crippen LogP contribution in [0.3, 0.4) is 0 Å². The summed E-state index contributed by atoms with van der Waals surface area (Å²) in [6.45, 7) is 6.06. The van der Waals surface area contributed by atoms with Crippen molar-refractivity contribution >= 4 is 28.9 Å². The van der Waals surface area contributed by atoms with Crippen molar-refractivity contribution in [1.29, 1.82) is 0 Å². The molecule has 2 aromatic carbocycles. The Morgan fingerprint density at radius 1 is 0.833 bits per heavy atom. The molecule has 2 rings (SSSR count). The molecule has 0 bridgehead atoms. The molecule has 0 unspecified atom stereocenters. The van der Waals surface area contributed by atoms with E-state index in [2.05, 4.69) is 22.9 Å². The number of amides is 2. The molecule has 0 aliphatic carbocycles. The zero-order chi connectivity index (χ0) is 17.5. The molecule has 2 aromatic rings. The fourth-order valence-electron chi connectivity index (χ4n) is 2.16. The van der Waals surface area contributed by atoms with Gasteiger partial charge in [-0.05, 0) is 55.3 Å². The van der Waals surface area contributed by atoms with E-state index in [1.165, 1.54) is 11.1 Å². The van der Waals surface area contributed by atoms with Gasteiger partial charge in [-0.2, -0.15) is 0 Å². The second-order valence-electron chi connectivity index (χ2n) is 5.68. The number of benzene rings is 2. The minimum atomic E-state index is -0.146. The van der Waals surface area contributed by atoms with Crippen molar-refractivity contribution in [2.75, 3.05) is 22.5 Å². The zero-order valence-electron chi connectivity index (χ0n) is 14.3. The molecular formula is C19H23N3O2. The third-order valence-corrected chi connectivity index (χ3v) is 3.71. The van der Waals surface area contributed by atoms with Crippen LogP contribution in [0.1, 0.15) is 24.5 Å². The number of nitrogens with one attached hydrogen (secondary N) is 3. The Balaban J connectivity index is 1.91. The molecule has 126 valence electrons. The molecule has 0 aliphatic heterocycles. The summed E-state index contributed by atoms with van der Waals surface area (Å²) in [4.78, 5) is 23.5. The summed E-state index contributed by atoms with van der Waals surface area (Å²) >= 11 is 0. The molecule has 0 aromatic heterocycles. The first kappa shape index (κ1) is 17.5. The van der Waals surface area contributed by atoms with E-state index < -0.39 is 0 Å². The van der Waals surface area contributed by atoms with E-state index in [0.29, 0.717) is 17.8 Å². The lowest BCUT2D eigenvalue weighted by atomic mass is 10.1. The lowest BCUT2D eigenvalue weighted by molar-refractivity contribution is -0.116. The largest absolute Gasteiger partial charge is 0.376 e. The van der Waals surface area contributed by atoms with Gasteiger partial charge in [-0.1, -0.05) is 19.1 Å². The molecule has 0 aliphatic rings. The Hall–Kier alpha value is -2.82. The van der Waals surface area contributed by atoms with Crippen LogP contribution in [0.5, 0.6) is 0 Å². The lowest BCUT2D eigenvalue weighted by Crippen LogP contribution is -2.21. The first-order chi connectivity index (χ1) is 11.5. The molecule has 0 fully saturated rings. The predicted octanol–water partition coefficient (Wildman–Crippen LogP) is 3.70. The summed E-state index contributed by atoms with van der Waals surface area (Å²) < 4.78 is 0. The lowest BCUT2D eigenvalue weighted by Gasteiger charge is -2.10. The molecule has 0 heterocycles. The maximum atomic E-state index is 12.1. The molecule has 0 saturated carbocycles. The number of aryl methyl sites for hydroxylation is 2. The zero-order valence-corrected chi connectivity index (χ0v) is 14.3. The van der Waals surface area contributed by atoms with Crippen molar-refractivity contribution in [3.8, 4) is 0 Å². The molecule has 2 amide bonds. The Morgan fingerprint density at radius 2 is 1.50 bits per heavy atom. The van der Waals surface area contributed by atoms with Gasteiger partial charge in [-0.15, -0.1) is 0 Å². The van der Waals surface area contributed by atoms with E-state index >= 15 is 0 Å². The number of rotatable bonds is 6. The van der Waals surface area contributed by atoms with E-state index in [4.69, 9.17) is 0 Å². The van der Waals surface area contributed by atoms with E-state index in [1.807, 2.05) is 25.1 Å². The maximum absolute atomic E-state index is 12.1.